The molecule has 2 N–H and O–H groups in total. The molecule has 1 aromatic rings. The number of carbonyl (C=O) groups excluding carboxylic acids is 1. The number of aromatic carboxylic acids is 1. The lowest BCUT2D eigenvalue weighted by molar-refractivity contribution is -0.115. The molecule has 0 aliphatic heterocycles. The molecule has 21 heavy (non-hydrogen) atoms. The lowest BCUT2D eigenvalue weighted by Gasteiger charge is -2.14. The average Bonchev–Trinajstić information content (AvgIpc) is 2.39. The number of carbonyl (C=O) groups is 2. The van der Waals surface area contributed by atoms with Gasteiger partial charge >= 0.3 is 5.97 Å². The van der Waals surface area contributed by atoms with E-state index in [-0.39, 0.29) is 17.0 Å². The largest absolute Gasteiger partial charge is 0.478 e. The van der Waals surface area contributed by atoms with Crippen LogP contribution < -0.4 is 5.32 Å². The maximum Gasteiger partial charge on any atom is 0.335 e. The number of hydrogen-bond donors (Lipinski definition) is 2. The van der Waals surface area contributed by atoms with Crippen LogP contribution in [0.4, 0.5) is 5.69 Å². The van der Waals surface area contributed by atoms with E-state index in [1.165, 1.54) is 25.1 Å². The van der Waals surface area contributed by atoms with Crippen molar-refractivity contribution in [1.82, 2.24) is 0 Å². The lowest BCUT2D eigenvalue weighted by Crippen LogP contribution is -2.34. The van der Waals surface area contributed by atoms with Crippen LogP contribution in [-0.2, 0) is 14.6 Å². The number of benzene rings is 1. The van der Waals surface area contributed by atoms with Crippen molar-refractivity contribution in [2.45, 2.75) is 19.1 Å². The molecule has 1 atom stereocenters. The highest BCUT2D eigenvalue weighted by atomic mass is 32.2. The van der Waals surface area contributed by atoms with E-state index < -0.39 is 27.0 Å². The SMILES string of the molecule is C=CCS(=O)(=O)C(C)C(=O)Nc1cc(C(=O)O)ccc1C. The predicted octanol–water partition coefficient (Wildman–Crippen LogP) is 1.62. The topological polar surface area (TPSA) is 101 Å². The van der Waals surface area contributed by atoms with Crippen molar-refractivity contribution in [3.63, 3.8) is 0 Å². The van der Waals surface area contributed by atoms with E-state index in [1.54, 1.807) is 13.0 Å². The Bertz CT molecular complexity index is 679. The number of nitrogens with one attached hydrogen (secondary N) is 1. The van der Waals surface area contributed by atoms with Gasteiger partial charge in [0.25, 0.3) is 0 Å². The standard InChI is InChI=1S/C14H17NO5S/c1-4-7-21(19,20)10(3)13(16)15-12-8-11(14(17)18)6-5-9(12)2/h4-6,8,10H,1,7H2,2-3H3,(H,15,16)(H,17,18). The molecule has 0 aromatic heterocycles. The van der Waals surface area contributed by atoms with Gasteiger partial charge < -0.3 is 10.4 Å². The summed E-state index contributed by atoms with van der Waals surface area (Å²) in [5.74, 6) is -2.13. The minimum Gasteiger partial charge on any atom is -0.478 e. The van der Waals surface area contributed by atoms with Crippen molar-refractivity contribution in [3.05, 3.63) is 42.0 Å². The first-order chi connectivity index (χ1) is 9.69. The lowest BCUT2D eigenvalue weighted by atomic mass is 10.1. The second-order valence-electron chi connectivity index (χ2n) is 4.58. The van der Waals surface area contributed by atoms with Crippen LogP contribution in [0.15, 0.2) is 30.9 Å². The summed E-state index contributed by atoms with van der Waals surface area (Å²) < 4.78 is 23.6. The van der Waals surface area contributed by atoms with Gasteiger partial charge in [-0.3, -0.25) is 4.79 Å². The molecule has 114 valence electrons. The molecule has 6 nitrogen and oxygen atoms in total. The second kappa shape index (κ2) is 6.53. The Labute approximate surface area is 123 Å². The molecule has 0 bridgehead atoms. The number of rotatable bonds is 6. The van der Waals surface area contributed by atoms with E-state index in [2.05, 4.69) is 11.9 Å². The van der Waals surface area contributed by atoms with E-state index in [0.29, 0.717) is 5.56 Å². The molecule has 0 fully saturated rings. The van der Waals surface area contributed by atoms with Crippen molar-refractivity contribution in [3.8, 4) is 0 Å². The van der Waals surface area contributed by atoms with Gasteiger partial charge in [-0.25, -0.2) is 13.2 Å². The second-order valence-corrected chi connectivity index (χ2v) is 6.95. The Kier molecular flexibility index (Phi) is 5.26. The molecule has 1 aromatic carbocycles. The van der Waals surface area contributed by atoms with Gasteiger partial charge in [0.2, 0.25) is 5.91 Å². The van der Waals surface area contributed by atoms with Crippen molar-refractivity contribution in [1.29, 1.82) is 0 Å². The number of hydrogen-bond acceptors (Lipinski definition) is 4. The number of sulfone groups is 1. The van der Waals surface area contributed by atoms with Crippen LogP contribution in [0, 0.1) is 6.92 Å². The third-order valence-electron chi connectivity index (χ3n) is 3.00. The first-order valence-corrected chi connectivity index (χ1v) is 7.88. The minimum atomic E-state index is -3.62. The predicted molar refractivity (Wildman–Crippen MR) is 80.2 cm³/mol. The number of carboxylic acid groups (broad SMARTS) is 1. The van der Waals surface area contributed by atoms with Gasteiger partial charge in [0.15, 0.2) is 9.84 Å². The zero-order chi connectivity index (χ0) is 16.2. The number of anilines is 1. The first kappa shape index (κ1) is 16.9. The summed E-state index contributed by atoms with van der Waals surface area (Å²) in [6.07, 6.45) is 1.22. The maximum atomic E-state index is 12.0. The molecule has 7 heteroatoms. The average molecular weight is 311 g/mol. The quantitative estimate of drug-likeness (QED) is 0.778. The summed E-state index contributed by atoms with van der Waals surface area (Å²) in [4.78, 5) is 22.9. The fourth-order valence-electron chi connectivity index (χ4n) is 1.60. The molecule has 0 aliphatic rings. The van der Waals surface area contributed by atoms with E-state index in [1.807, 2.05) is 0 Å². The molecule has 1 unspecified atom stereocenters. The Morgan fingerprint density at radius 1 is 1.43 bits per heavy atom. The molecular weight excluding hydrogens is 294 g/mol. The fraction of sp³-hybridized carbons (Fsp3) is 0.286. The smallest absolute Gasteiger partial charge is 0.335 e. The zero-order valence-electron chi connectivity index (χ0n) is 11.8. The van der Waals surface area contributed by atoms with Crippen molar-refractivity contribution in [2.75, 3.05) is 11.1 Å². The number of carboxylic acids is 1. The fourth-order valence-corrected chi connectivity index (χ4v) is 2.60. The van der Waals surface area contributed by atoms with Crippen molar-refractivity contribution < 1.29 is 23.1 Å². The van der Waals surface area contributed by atoms with Crippen LogP contribution in [0.1, 0.15) is 22.8 Å². The number of amides is 1. The summed E-state index contributed by atoms with van der Waals surface area (Å²) >= 11 is 0. The van der Waals surface area contributed by atoms with E-state index in [4.69, 9.17) is 5.11 Å². The van der Waals surface area contributed by atoms with Gasteiger partial charge in [0, 0.05) is 5.69 Å². The van der Waals surface area contributed by atoms with Crippen LogP contribution in [0.25, 0.3) is 0 Å². The zero-order valence-corrected chi connectivity index (χ0v) is 12.6. The van der Waals surface area contributed by atoms with Gasteiger partial charge in [-0.1, -0.05) is 12.1 Å². The third-order valence-corrected chi connectivity index (χ3v) is 4.99. The van der Waals surface area contributed by atoms with Crippen molar-refractivity contribution >= 4 is 27.4 Å². The van der Waals surface area contributed by atoms with Gasteiger partial charge in [0.05, 0.1) is 11.3 Å². The first-order valence-electron chi connectivity index (χ1n) is 6.16. The summed E-state index contributed by atoms with van der Waals surface area (Å²) in [7, 11) is -3.62. The summed E-state index contributed by atoms with van der Waals surface area (Å²) in [6, 6.07) is 4.25. The van der Waals surface area contributed by atoms with Crippen LogP contribution >= 0.6 is 0 Å². The molecule has 0 heterocycles. The van der Waals surface area contributed by atoms with Crippen LogP contribution in [-0.4, -0.2) is 36.4 Å². The molecule has 0 aliphatic carbocycles. The molecule has 1 rings (SSSR count). The van der Waals surface area contributed by atoms with Gasteiger partial charge in [-0.2, -0.15) is 0 Å². The summed E-state index contributed by atoms with van der Waals surface area (Å²) in [6.45, 7) is 6.31. The van der Waals surface area contributed by atoms with E-state index >= 15 is 0 Å². The van der Waals surface area contributed by atoms with Gasteiger partial charge in [-0.15, -0.1) is 6.58 Å². The van der Waals surface area contributed by atoms with E-state index in [9.17, 15) is 18.0 Å². The maximum absolute atomic E-state index is 12.0. The highest BCUT2D eigenvalue weighted by molar-refractivity contribution is 7.92. The molecule has 0 radical (unpaired) electrons. The summed E-state index contributed by atoms with van der Waals surface area (Å²) in [5, 5.41) is 10.1. The third kappa shape index (κ3) is 4.16. The Balaban J connectivity index is 3.01. The highest BCUT2D eigenvalue weighted by Gasteiger charge is 2.27. The molecule has 0 saturated carbocycles. The highest BCUT2D eigenvalue weighted by Crippen LogP contribution is 2.18. The Morgan fingerprint density at radius 2 is 2.05 bits per heavy atom. The number of aryl methyl sites for hydroxylation is 1. The van der Waals surface area contributed by atoms with Gasteiger partial charge in [-0.05, 0) is 31.5 Å². The van der Waals surface area contributed by atoms with Gasteiger partial charge in [0.1, 0.15) is 5.25 Å². The molecule has 1 amide bonds. The summed E-state index contributed by atoms with van der Waals surface area (Å²) in [5.41, 5.74) is 0.930. The molecular formula is C14H17NO5S. The van der Waals surface area contributed by atoms with Crippen LogP contribution in [0.5, 0.6) is 0 Å². The monoisotopic (exact) mass is 311 g/mol. The molecule has 0 saturated heterocycles. The van der Waals surface area contributed by atoms with Crippen LogP contribution in [0.3, 0.4) is 0 Å². The Hall–Kier alpha value is -2.15. The van der Waals surface area contributed by atoms with Crippen molar-refractivity contribution in [2.24, 2.45) is 0 Å². The van der Waals surface area contributed by atoms with E-state index in [0.717, 1.165) is 0 Å². The molecule has 0 spiro atoms. The minimum absolute atomic E-state index is 0.0116. The Morgan fingerprint density at radius 3 is 2.57 bits per heavy atom. The normalized spacial score (nSPS) is 12.5. The van der Waals surface area contributed by atoms with Crippen LogP contribution in [0.2, 0.25) is 0 Å².